The van der Waals surface area contributed by atoms with Gasteiger partial charge in [0, 0.05) is 30.4 Å². The summed E-state index contributed by atoms with van der Waals surface area (Å²) >= 11 is 1.52. The van der Waals surface area contributed by atoms with Gasteiger partial charge in [-0.15, -0.1) is 11.8 Å². The fourth-order valence-corrected chi connectivity index (χ4v) is 5.22. The number of nitrogens with one attached hydrogen (secondary N) is 1. The van der Waals surface area contributed by atoms with E-state index in [-0.39, 0.29) is 17.1 Å². The molecule has 1 aromatic carbocycles. The molecular weight excluding hydrogens is 334 g/mol. The number of likely N-dealkylation sites (tertiary alicyclic amines) is 2. The number of anilines is 1. The molecule has 0 radical (unpaired) electrons. The van der Waals surface area contributed by atoms with Crippen molar-refractivity contribution in [1.82, 2.24) is 9.80 Å². The van der Waals surface area contributed by atoms with Crippen LogP contribution in [0.1, 0.15) is 32.1 Å². The van der Waals surface area contributed by atoms with Crippen LogP contribution in [0.25, 0.3) is 0 Å². The molecule has 4 rings (SSSR count). The Morgan fingerprint density at radius 2 is 1.96 bits per heavy atom. The summed E-state index contributed by atoms with van der Waals surface area (Å²) in [7, 11) is 0. The van der Waals surface area contributed by atoms with Crippen molar-refractivity contribution in [3.05, 3.63) is 24.3 Å². The van der Waals surface area contributed by atoms with Gasteiger partial charge in [0.1, 0.15) is 0 Å². The average molecular weight is 359 g/mol. The third-order valence-electron chi connectivity index (χ3n) is 5.43. The summed E-state index contributed by atoms with van der Waals surface area (Å²) < 4.78 is 0. The zero-order valence-corrected chi connectivity index (χ0v) is 15.3. The van der Waals surface area contributed by atoms with E-state index in [1.807, 2.05) is 29.2 Å². The van der Waals surface area contributed by atoms with Gasteiger partial charge in [-0.05, 0) is 50.9 Å². The second-order valence-electron chi connectivity index (χ2n) is 7.19. The Kier molecular flexibility index (Phi) is 4.99. The minimum atomic E-state index is -0.324. The Hall–Kier alpha value is -1.53. The summed E-state index contributed by atoms with van der Waals surface area (Å²) in [5.74, 6) is 0.0843. The Labute approximate surface area is 153 Å². The molecule has 0 unspecified atom stereocenters. The summed E-state index contributed by atoms with van der Waals surface area (Å²) in [5.41, 5.74) is 0.856. The van der Waals surface area contributed by atoms with Crippen LogP contribution < -0.4 is 5.32 Å². The molecule has 2 fully saturated rings. The molecule has 134 valence electrons. The second-order valence-corrected chi connectivity index (χ2v) is 8.43. The number of carbonyl (C=O) groups excluding carboxylic acids is 2. The van der Waals surface area contributed by atoms with Crippen LogP contribution in [0.3, 0.4) is 0 Å². The molecular formula is C19H25N3O2S. The lowest BCUT2D eigenvalue weighted by molar-refractivity contribution is -0.133. The van der Waals surface area contributed by atoms with Crippen molar-refractivity contribution >= 4 is 29.3 Å². The van der Waals surface area contributed by atoms with Crippen LogP contribution in [0.15, 0.2) is 29.2 Å². The van der Waals surface area contributed by atoms with Crippen molar-refractivity contribution in [3.63, 3.8) is 0 Å². The third kappa shape index (κ3) is 3.70. The Balaban J connectivity index is 1.38. The molecule has 25 heavy (non-hydrogen) atoms. The van der Waals surface area contributed by atoms with Crippen LogP contribution in [0.4, 0.5) is 5.69 Å². The smallest absolute Gasteiger partial charge is 0.238 e. The Morgan fingerprint density at radius 3 is 2.80 bits per heavy atom. The fraction of sp³-hybridized carbons (Fsp3) is 0.579. The normalized spacial score (nSPS) is 26.6. The average Bonchev–Trinajstić information content (AvgIpc) is 3.28. The van der Waals surface area contributed by atoms with Crippen molar-refractivity contribution in [2.24, 2.45) is 0 Å². The topological polar surface area (TPSA) is 52.7 Å². The first-order valence-electron chi connectivity index (χ1n) is 9.29. The molecule has 5 nitrogen and oxygen atoms in total. The van der Waals surface area contributed by atoms with E-state index in [1.165, 1.54) is 24.6 Å². The van der Waals surface area contributed by atoms with Gasteiger partial charge >= 0.3 is 0 Å². The van der Waals surface area contributed by atoms with E-state index in [4.69, 9.17) is 0 Å². The molecule has 0 aliphatic carbocycles. The Morgan fingerprint density at radius 1 is 1.16 bits per heavy atom. The highest BCUT2D eigenvalue weighted by molar-refractivity contribution is 8.01. The lowest BCUT2D eigenvalue weighted by Gasteiger charge is -2.30. The van der Waals surface area contributed by atoms with Gasteiger partial charge in [0.15, 0.2) is 0 Å². The molecule has 3 aliphatic rings. The van der Waals surface area contributed by atoms with Crippen LogP contribution in [0.2, 0.25) is 0 Å². The molecule has 3 heterocycles. The molecule has 1 N–H and O–H groups in total. The van der Waals surface area contributed by atoms with E-state index in [2.05, 4.69) is 10.2 Å². The van der Waals surface area contributed by atoms with Crippen molar-refractivity contribution < 1.29 is 9.59 Å². The molecule has 3 aliphatic heterocycles. The molecule has 2 amide bonds. The molecule has 1 aromatic rings. The maximum absolute atomic E-state index is 12.9. The fourth-order valence-electron chi connectivity index (χ4n) is 4.12. The molecule has 0 aromatic heterocycles. The van der Waals surface area contributed by atoms with Gasteiger partial charge in [-0.25, -0.2) is 0 Å². The molecule has 0 spiro atoms. The maximum Gasteiger partial charge on any atom is 0.238 e. The van der Waals surface area contributed by atoms with E-state index in [1.54, 1.807) is 0 Å². The second kappa shape index (κ2) is 7.38. The van der Waals surface area contributed by atoms with Crippen molar-refractivity contribution in [2.45, 2.75) is 48.3 Å². The van der Waals surface area contributed by atoms with E-state index in [0.29, 0.717) is 12.5 Å². The summed E-state index contributed by atoms with van der Waals surface area (Å²) in [6.07, 6.45) is 5.02. The van der Waals surface area contributed by atoms with Gasteiger partial charge in [-0.1, -0.05) is 12.1 Å². The first-order chi connectivity index (χ1) is 12.2. The van der Waals surface area contributed by atoms with Gasteiger partial charge < -0.3 is 15.1 Å². The summed E-state index contributed by atoms with van der Waals surface area (Å²) in [6, 6.07) is 8.12. The monoisotopic (exact) mass is 359 g/mol. The van der Waals surface area contributed by atoms with Crippen LogP contribution >= 0.6 is 11.8 Å². The Bertz CT molecular complexity index is 660. The summed E-state index contributed by atoms with van der Waals surface area (Å²) in [6.45, 7) is 4.16. The SMILES string of the molecule is O=C1Nc2ccccc2S[C@@H]1CC(=O)N1CCC[C@@H]1CN1CCCC1. The number of para-hydroxylation sites is 1. The van der Waals surface area contributed by atoms with Crippen molar-refractivity contribution in [2.75, 3.05) is 31.5 Å². The van der Waals surface area contributed by atoms with Gasteiger partial charge in [0.25, 0.3) is 0 Å². The largest absolute Gasteiger partial charge is 0.338 e. The zero-order valence-electron chi connectivity index (χ0n) is 14.4. The maximum atomic E-state index is 12.9. The molecule has 0 bridgehead atoms. The predicted molar refractivity (Wildman–Crippen MR) is 99.7 cm³/mol. The highest BCUT2D eigenvalue weighted by atomic mass is 32.2. The number of nitrogens with zero attached hydrogens (tertiary/aromatic N) is 2. The number of hydrogen-bond acceptors (Lipinski definition) is 4. The van der Waals surface area contributed by atoms with Gasteiger partial charge in [0.2, 0.25) is 11.8 Å². The highest BCUT2D eigenvalue weighted by Crippen LogP contribution is 2.37. The first-order valence-corrected chi connectivity index (χ1v) is 10.2. The predicted octanol–water partition coefficient (Wildman–Crippen LogP) is 2.58. The number of rotatable bonds is 4. The number of fused-ring (bicyclic) bond motifs is 1. The standard InChI is InChI=1S/C19H25N3O2S/c23-18(22-11-5-6-14(22)13-21-9-3-4-10-21)12-17-19(24)20-15-7-1-2-8-16(15)25-17/h1-2,7-8,14,17H,3-6,9-13H2,(H,20,24)/t14-,17-/m1/s1. The molecule has 2 saturated heterocycles. The number of thioether (sulfide) groups is 1. The number of carbonyl (C=O) groups is 2. The first kappa shape index (κ1) is 16.9. The van der Waals surface area contributed by atoms with Gasteiger partial charge in [0.05, 0.1) is 10.9 Å². The summed E-state index contributed by atoms with van der Waals surface area (Å²) in [4.78, 5) is 30.8. The van der Waals surface area contributed by atoms with Gasteiger partial charge in [-0.2, -0.15) is 0 Å². The molecule has 2 atom stereocenters. The van der Waals surface area contributed by atoms with E-state index in [9.17, 15) is 9.59 Å². The van der Waals surface area contributed by atoms with Gasteiger partial charge in [-0.3, -0.25) is 9.59 Å². The van der Waals surface area contributed by atoms with Crippen molar-refractivity contribution in [1.29, 1.82) is 0 Å². The zero-order chi connectivity index (χ0) is 17.2. The van der Waals surface area contributed by atoms with Crippen molar-refractivity contribution in [3.8, 4) is 0 Å². The van der Waals surface area contributed by atoms with Crippen LogP contribution in [-0.2, 0) is 9.59 Å². The lowest BCUT2D eigenvalue weighted by atomic mass is 10.2. The number of benzene rings is 1. The van der Waals surface area contributed by atoms with E-state index in [0.717, 1.165) is 49.6 Å². The lowest BCUT2D eigenvalue weighted by Crippen LogP contribution is -2.44. The number of amides is 2. The third-order valence-corrected chi connectivity index (χ3v) is 6.71. The van der Waals surface area contributed by atoms with Crippen LogP contribution in [0, 0.1) is 0 Å². The summed E-state index contributed by atoms with van der Waals surface area (Å²) in [5, 5.41) is 2.61. The van der Waals surface area contributed by atoms with E-state index >= 15 is 0 Å². The number of hydrogen-bond donors (Lipinski definition) is 1. The van der Waals surface area contributed by atoms with E-state index < -0.39 is 0 Å². The molecule has 0 saturated carbocycles. The van der Waals surface area contributed by atoms with Crippen LogP contribution in [-0.4, -0.2) is 59.1 Å². The molecule has 6 heteroatoms. The quantitative estimate of drug-likeness (QED) is 0.898. The minimum Gasteiger partial charge on any atom is -0.338 e. The minimum absolute atomic E-state index is 0.0488. The highest BCUT2D eigenvalue weighted by Gasteiger charge is 2.35. The van der Waals surface area contributed by atoms with Crippen LogP contribution in [0.5, 0.6) is 0 Å².